The van der Waals surface area contributed by atoms with Gasteiger partial charge in [-0.25, -0.2) is 4.79 Å². The first kappa shape index (κ1) is 11.4. The van der Waals surface area contributed by atoms with E-state index >= 15 is 0 Å². The number of ether oxygens (including phenoxy) is 1. The summed E-state index contributed by atoms with van der Waals surface area (Å²) in [6.45, 7) is 0.0506. The summed E-state index contributed by atoms with van der Waals surface area (Å²) < 4.78 is 5.14. The van der Waals surface area contributed by atoms with Gasteiger partial charge < -0.3 is 14.8 Å². The topological polar surface area (TPSA) is 62.3 Å². The number of carbonyl (C=O) groups excluding carboxylic acids is 1. The molecule has 2 rings (SSSR count). The summed E-state index contributed by atoms with van der Waals surface area (Å²) in [5.74, 6) is -0.431. The van der Waals surface area contributed by atoms with E-state index in [9.17, 15) is 4.79 Å². The quantitative estimate of drug-likeness (QED) is 0.789. The van der Waals surface area contributed by atoms with Crippen LogP contribution >= 0.6 is 0 Å². The van der Waals surface area contributed by atoms with Crippen LogP contribution in [-0.4, -0.2) is 16.1 Å². The maximum absolute atomic E-state index is 11.7. The summed E-state index contributed by atoms with van der Waals surface area (Å²) in [7, 11) is 0. The van der Waals surface area contributed by atoms with Crippen molar-refractivity contribution in [3.05, 3.63) is 59.4 Å². The third-order valence-corrected chi connectivity index (χ3v) is 2.43. The number of aromatic amines is 1. The zero-order chi connectivity index (χ0) is 12.1. The number of nitrogens with one attached hydrogen (secondary N) is 1. The lowest BCUT2D eigenvalue weighted by atomic mass is 10.2. The van der Waals surface area contributed by atoms with Crippen LogP contribution in [0.4, 0.5) is 0 Å². The Morgan fingerprint density at radius 3 is 2.71 bits per heavy atom. The molecule has 4 nitrogen and oxygen atoms in total. The molecule has 88 valence electrons. The molecule has 0 bridgehead atoms. The van der Waals surface area contributed by atoms with E-state index in [0.29, 0.717) is 11.1 Å². The normalized spacial score (nSPS) is 10.2. The zero-order valence-electron chi connectivity index (χ0n) is 9.22. The summed E-state index contributed by atoms with van der Waals surface area (Å²) in [4.78, 5) is 14.5. The molecule has 0 atom stereocenters. The molecule has 0 aliphatic rings. The smallest absolute Gasteiger partial charge is 0.340 e. The van der Waals surface area contributed by atoms with Crippen molar-refractivity contribution >= 4 is 5.97 Å². The molecule has 0 saturated carbocycles. The monoisotopic (exact) mass is 231 g/mol. The SMILES string of the molecule is O=C(OCc1ccccc1)c1c[nH]cc1CO. The molecule has 1 aromatic carbocycles. The number of aromatic nitrogens is 1. The number of benzene rings is 1. The van der Waals surface area contributed by atoms with Gasteiger partial charge in [0.1, 0.15) is 6.61 Å². The van der Waals surface area contributed by atoms with Gasteiger partial charge in [0.25, 0.3) is 0 Å². The van der Waals surface area contributed by atoms with Gasteiger partial charge in [-0.15, -0.1) is 0 Å². The number of aliphatic hydroxyl groups is 1. The maximum atomic E-state index is 11.7. The van der Waals surface area contributed by atoms with E-state index in [4.69, 9.17) is 9.84 Å². The molecule has 0 spiro atoms. The molecule has 1 heterocycles. The molecule has 2 N–H and O–H groups in total. The highest BCUT2D eigenvalue weighted by Gasteiger charge is 2.13. The van der Waals surface area contributed by atoms with Crippen molar-refractivity contribution in [3.63, 3.8) is 0 Å². The van der Waals surface area contributed by atoms with E-state index in [0.717, 1.165) is 5.56 Å². The van der Waals surface area contributed by atoms with Crippen LogP contribution in [0.15, 0.2) is 42.7 Å². The summed E-state index contributed by atoms with van der Waals surface area (Å²) in [5.41, 5.74) is 1.86. The van der Waals surface area contributed by atoms with E-state index in [1.807, 2.05) is 30.3 Å². The average molecular weight is 231 g/mol. The first-order chi connectivity index (χ1) is 8.31. The van der Waals surface area contributed by atoms with Crippen LogP contribution in [0.3, 0.4) is 0 Å². The van der Waals surface area contributed by atoms with Crippen LogP contribution in [0.1, 0.15) is 21.5 Å². The lowest BCUT2D eigenvalue weighted by Gasteiger charge is -2.04. The minimum absolute atomic E-state index is 0.181. The second-order valence-electron chi connectivity index (χ2n) is 3.61. The summed E-state index contributed by atoms with van der Waals surface area (Å²) in [6.07, 6.45) is 3.11. The van der Waals surface area contributed by atoms with Gasteiger partial charge >= 0.3 is 5.97 Å². The molecule has 0 fully saturated rings. The van der Waals surface area contributed by atoms with E-state index in [-0.39, 0.29) is 13.2 Å². The second kappa shape index (κ2) is 5.32. The summed E-state index contributed by atoms with van der Waals surface area (Å²) in [5, 5.41) is 9.01. The van der Waals surface area contributed by atoms with Gasteiger partial charge in [0.2, 0.25) is 0 Å². The van der Waals surface area contributed by atoms with Crippen molar-refractivity contribution in [2.75, 3.05) is 0 Å². The number of hydrogen-bond acceptors (Lipinski definition) is 3. The third-order valence-electron chi connectivity index (χ3n) is 2.43. The zero-order valence-corrected chi connectivity index (χ0v) is 9.22. The molecule has 0 unspecified atom stereocenters. The molecule has 0 saturated heterocycles. The highest BCUT2D eigenvalue weighted by Crippen LogP contribution is 2.11. The van der Waals surface area contributed by atoms with Crippen LogP contribution in [0.2, 0.25) is 0 Å². The molecular weight excluding hydrogens is 218 g/mol. The second-order valence-corrected chi connectivity index (χ2v) is 3.61. The van der Waals surface area contributed by atoms with E-state index in [2.05, 4.69) is 4.98 Å². The predicted octanol–water partition coefficient (Wildman–Crippen LogP) is 1.86. The van der Waals surface area contributed by atoms with E-state index in [1.165, 1.54) is 6.20 Å². The number of hydrogen-bond donors (Lipinski definition) is 2. The average Bonchev–Trinajstić information content (AvgIpc) is 2.85. The van der Waals surface area contributed by atoms with Crippen LogP contribution in [0.25, 0.3) is 0 Å². The van der Waals surface area contributed by atoms with Crippen LogP contribution in [0, 0.1) is 0 Å². The van der Waals surface area contributed by atoms with E-state index < -0.39 is 5.97 Å². The van der Waals surface area contributed by atoms with Crippen LogP contribution < -0.4 is 0 Å². The number of H-pyrrole nitrogens is 1. The molecular formula is C13H13NO3. The van der Waals surface area contributed by atoms with Crippen LogP contribution in [0.5, 0.6) is 0 Å². The molecule has 17 heavy (non-hydrogen) atoms. The lowest BCUT2D eigenvalue weighted by molar-refractivity contribution is 0.0469. The van der Waals surface area contributed by atoms with Crippen molar-refractivity contribution in [2.24, 2.45) is 0 Å². The van der Waals surface area contributed by atoms with Gasteiger partial charge in [-0.2, -0.15) is 0 Å². The largest absolute Gasteiger partial charge is 0.457 e. The van der Waals surface area contributed by atoms with Crippen molar-refractivity contribution in [1.29, 1.82) is 0 Å². The number of carbonyl (C=O) groups is 1. The Morgan fingerprint density at radius 2 is 2.00 bits per heavy atom. The predicted molar refractivity (Wildman–Crippen MR) is 62.3 cm³/mol. The maximum Gasteiger partial charge on any atom is 0.340 e. The fourth-order valence-electron chi connectivity index (χ4n) is 1.52. The van der Waals surface area contributed by atoms with Gasteiger partial charge in [0.15, 0.2) is 0 Å². The van der Waals surface area contributed by atoms with Gasteiger partial charge in [-0.05, 0) is 5.56 Å². The van der Waals surface area contributed by atoms with Gasteiger partial charge in [0.05, 0.1) is 12.2 Å². The highest BCUT2D eigenvalue weighted by molar-refractivity contribution is 5.90. The summed E-state index contributed by atoms with van der Waals surface area (Å²) in [6, 6.07) is 9.45. The minimum Gasteiger partial charge on any atom is -0.457 e. The number of aliphatic hydroxyl groups excluding tert-OH is 1. The Bertz CT molecular complexity index is 490. The first-order valence-corrected chi connectivity index (χ1v) is 5.29. The Balaban J connectivity index is 1.98. The van der Waals surface area contributed by atoms with Gasteiger partial charge in [-0.3, -0.25) is 0 Å². The molecule has 4 heteroatoms. The molecule has 0 radical (unpaired) electrons. The molecule has 0 amide bonds. The van der Waals surface area contributed by atoms with E-state index in [1.54, 1.807) is 6.20 Å². The van der Waals surface area contributed by atoms with Gasteiger partial charge in [0, 0.05) is 18.0 Å². The highest BCUT2D eigenvalue weighted by atomic mass is 16.5. The van der Waals surface area contributed by atoms with Crippen molar-refractivity contribution in [3.8, 4) is 0 Å². The molecule has 0 aliphatic heterocycles. The van der Waals surface area contributed by atoms with Crippen molar-refractivity contribution in [1.82, 2.24) is 4.98 Å². The van der Waals surface area contributed by atoms with Crippen molar-refractivity contribution < 1.29 is 14.6 Å². The lowest BCUT2D eigenvalue weighted by Crippen LogP contribution is -2.06. The molecule has 2 aromatic rings. The van der Waals surface area contributed by atoms with Gasteiger partial charge in [-0.1, -0.05) is 30.3 Å². The Kier molecular flexibility index (Phi) is 3.57. The third kappa shape index (κ3) is 2.73. The molecule has 1 aromatic heterocycles. The van der Waals surface area contributed by atoms with Crippen molar-refractivity contribution in [2.45, 2.75) is 13.2 Å². The Hall–Kier alpha value is -2.07. The first-order valence-electron chi connectivity index (χ1n) is 5.29. The summed E-state index contributed by atoms with van der Waals surface area (Å²) >= 11 is 0. The van der Waals surface area contributed by atoms with Crippen LogP contribution in [-0.2, 0) is 18.0 Å². The number of rotatable bonds is 4. The minimum atomic E-state index is -0.431. The standard InChI is InChI=1S/C13H13NO3/c15-8-11-6-14-7-12(11)13(16)17-9-10-4-2-1-3-5-10/h1-7,14-15H,8-9H2. The Labute approximate surface area is 98.9 Å². The number of esters is 1. The fraction of sp³-hybridized carbons (Fsp3) is 0.154. The fourth-order valence-corrected chi connectivity index (χ4v) is 1.52. The Morgan fingerprint density at radius 1 is 1.24 bits per heavy atom. The molecule has 0 aliphatic carbocycles.